The zero-order valence-electron chi connectivity index (χ0n) is 7.85. The van der Waals surface area contributed by atoms with Gasteiger partial charge in [-0.2, -0.15) is 10.4 Å². The lowest BCUT2D eigenvalue weighted by Gasteiger charge is -1.97. The predicted octanol–water partition coefficient (Wildman–Crippen LogP) is 1.50. The molecule has 0 saturated heterocycles. The van der Waals surface area contributed by atoms with Gasteiger partial charge in [0.15, 0.2) is 11.5 Å². The topological polar surface area (TPSA) is 67.4 Å². The summed E-state index contributed by atoms with van der Waals surface area (Å²) in [5, 5.41) is 13.3. The molecule has 5 nitrogen and oxygen atoms in total. The Labute approximate surface area is 91.0 Å². The van der Waals surface area contributed by atoms with E-state index in [1.54, 1.807) is 13.1 Å². The van der Waals surface area contributed by atoms with E-state index >= 15 is 0 Å². The van der Waals surface area contributed by atoms with Crippen LogP contribution in [-0.4, -0.2) is 19.7 Å². The molecule has 2 rings (SSSR count). The summed E-state index contributed by atoms with van der Waals surface area (Å²) in [5.74, 6) is 0.531. The lowest BCUT2D eigenvalue weighted by atomic mass is 10.5. The number of hydrogen-bond donors (Lipinski definition) is 0. The van der Waals surface area contributed by atoms with Crippen LogP contribution in [0.3, 0.4) is 0 Å². The van der Waals surface area contributed by atoms with Crippen molar-refractivity contribution in [3.63, 3.8) is 0 Å². The summed E-state index contributed by atoms with van der Waals surface area (Å²) < 4.78 is 1.52. The molecular formula is C9H6ClN5. The first-order valence-corrected chi connectivity index (χ1v) is 4.53. The fourth-order valence-electron chi connectivity index (χ4n) is 1.05. The maximum Gasteiger partial charge on any atom is 0.171 e. The molecule has 15 heavy (non-hydrogen) atoms. The molecule has 0 N–H and O–H groups in total. The summed E-state index contributed by atoms with van der Waals surface area (Å²) in [6, 6.07) is 1.89. The lowest BCUT2D eigenvalue weighted by Crippen LogP contribution is -1.99. The zero-order valence-corrected chi connectivity index (χ0v) is 8.60. The fourth-order valence-corrected chi connectivity index (χ4v) is 1.18. The summed E-state index contributed by atoms with van der Waals surface area (Å²) in [6.07, 6.45) is 4.51. The summed E-state index contributed by atoms with van der Waals surface area (Å²) in [7, 11) is 0. The van der Waals surface area contributed by atoms with Crippen molar-refractivity contribution in [2.75, 3.05) is 0 Å². The van der Waals surface area contributed by atoms with E-state index in [0.29, 0.717) is 10.8 Å². The third-order valence-corrected chi connectivity index (χ3v) is 2.20. The Morgan fingerprint density at radius 1 is 1.40 bits per heavy atom. The molecule has 0 atom stereocenters. The molecule has 0 unspecified atom stereocenters. The van der Waals surface area contributed by atoms with Gasteiger partial charge < -0.3 is 0 Å². The van der Waals surface area contributed by atoms with Gasteiger partial charge in [0.2, 0.25) is 0 Å². The van der Waals surface area contributed by atoms with Gasteiger partial charge in [-0.3, -0.25) is 0 Å². The second kappa shape index (κ2) is 3.67. The highest BCUT2D eigenvalue weighted by molar-refractivity contribution is 6.31. The van der Waals surface area contributed by atoms with Crippen LogP contribution in [0.5, 0.6) is 0 Å². The first-order chi connectivity index (χ1) is 7.20. The Bertz CT molecular complexity index is 503. The first-order valence-electron chi connectivity index (χ1n) is 4.15. The Kier molecular flexibility index (Phi) is 2.35. The molecule has 0 aliphatic heterocycles. The van der Waals surface area contributed by atoms with E-state index in [0.717, 1.165) is 5.69 Å². The number of nitrogens with zero attached hydrogens (tertiary/aromatic N) is 5. The van der Waals surface area contributed by atoms with Crippen LogP contribution in [0.1, 0.15) is 11.4 Å². The molecule has 2 aromatic rings. The van der Waals surface area contributed by atoms with E-state index in [2.05, 4.69) is 15.1 Å². The van der Waals surface area contributed by atoms with Gasteiger partial charge in [0, 0.05) is 0 Å². The second-order valence-electron chi connectivity index (χ2n) is 2.88. The van der Waals surface area contributed by atoms with Gasteiger partial charge in [-0.25, -0.2) is 14.6 Å². The smallest absolute Gasteiger partial charge is 0.171 e. The van der Waals surface area contributed by atoms with Gasteiger partial charge in [0.25, 0.3) is 0 Å². The molecule has 0 aliphatic rings. The Morgan fingerprint density at radius 2 is 2.20 bits per heavy atom. The predicted molar refractivity (Wildman–Crippen MR) is 53.6 cm³/mol. The average molecular weight is 220 g/mol. The summed E-state index contributed by atoms with van der Waals surface area (Å²) in [4.78, 5) is 7.92. The van der Waals surface area contributed by atoms with E-state index in [-0.39, 0.29) is 5.69 Å². The number of aromatic nitrogens is 4. The number of aryl methyl sites for hydroxylation is 1. The average Bonchev–Trinajstić information content (AvgIpc) is 2.59. The SMILES string of the molecule is Cc1nn(-c2cnc(C#N)cn2)cc1Cl. The minimum atomic E-state index is 0.272. The minimum Gasteiger partial charge on any atom is -0.240 e. The summed E-state index contributed by atoms with van der Waals surface area (Å²) >= 11 is 5.85. The van der Waals surface area contributed by atoms with Crippen LogP contribution in [0.25, 0.3) is 5.82 Å². The van der Waals surface area contributed by atoms with Crippen molar-refractivity contribution in [2.24, 2.45) is 0 Å². The van der Waals surface area contributed by atoms with Crippen molar-refractivity contribution >= 4 is 11.6 Å². The molecule has 0 spiro atoms. The highest BCUT2D eigenvalue weighted by atomic mass is 35.5. The highest BCUT2D eigenvalue weighted by Gasteiger charge is 2.05. The van der Waals surface area contributed by atoms with Crippen LogP contribution in [0.4, 0.5) is 0 Å². The molecule has 74 valence electrons. The van der Waals surface area contributed by atoms with E-state index in [1.807, 2.05) is 6.07 Å². The molecular weight excluding hydrogens is 214 g/mol. The van der Waals surface area contributed by atoms with Crippen LogP contribution < -0.4 is 0 Å². The number of nitriles is 1. The quantitative estimate of drug-likeness (QED) is 0.729. The van der Waals surface area contributed by atoms with Gasteiger partial charge in [-0.05, 0) is 6.92 Å². The van der Waals surface area contributed by atoms with Crippen molar-refractivity contribution in [1.82, 2.24) is 19.7 Å². The van der Waals surface area contributed by atoms with Gasteiger partial charge in [-0.1, -0.05) is 11.6 Å². The van der Waals surface area contributed by atoms with Gasteiger partial charge >= 0.3 is 0 Å². The Morgan fingerprint density at radius 3 is 2.67 bits per heavy atom. The monoisotopic (exact) mass is 219 g/mol. The number of rotatable bonds is 1. The third-order valence-electron chi connectivity index (χ3n) is 1.83. The van der Waals surface area contributed by atoms with Crippen LogP contribution in [0.15, 0.2) is 18.6 Å². The molecule has 2 aromatic heterocycles. The lowest BCUT2D eigenvalue weighted by molar-refractivity contribution is 0.823. The van der Waals surface area contributed by atoms with Gasteiger partial charge in [-0.15, -0.1) is 0 Å². The van der Waals surface area contributed by atoms with Crippen LogP contribution >= 0.6 is 11.6 Å². The minimum absolute atomic E-state index is 0.272. The van der Waals surface area contributed by atoms with Crippen molar-refractivity contribution in [1.29, 1.82) is 5.26 Å². The van der Waals surface area contributed by atoms with Crippen molar-refractivity contribution < 1.29 is 0 Å². The molecule has 0 saturated carbocycles. The molecule has 0 bridgehead atoms. The zero-order chi connectivity index (χ0) is 10.8. The molecule has 6 heteroatoms. The molecule has 0 fully saturated rings. The standard InChI is InChI=1S/C9H6ClN5/c1-6-8(10)5-15(14-6)9-4-12-7(2-11)3-13-9/h3-5H,1H3. The Balaban J connectivity index is 2.42. The van der Waals surface area contributed by atoms with Crippen molar-refractivity contribution in [2.45, 2.75) is 6.92 Å². The first kappa shape index (κ1) is 9.62. The molecule has 0 aromatic carbocycles. The van der Waals surface area contributed by atoms with E-state index in [4.69, 9.17) is 16.9 Å². The highest BCUT2D eigenvalue weighted by Crippen LogP contribution is 2.14. The van der Waals surface area contributed by atoms with Crippen molar-refractivity contribution in [3.8, 4) is 11.9 Å². The van der Waals surface area contributed by atoms with Crippen molar-refractivity contribution in [3.05, 3.63) is 35.0 Å². The van der Waals surface area contributed by atoms with Crippen LogP contribution in [-0.2, 0) is 0 Å². The largest absolute Gasteiger partial charge is 0.240 e. The summed E-state index contributed by atoms with van der Waals surface area (Å²) in [6.45, 7) is 1.80. The van der Waals surface area contributed by atoms with Crippen LogP contribution in [0, 0.1) is 18.3 Å². The van der Waals surface area contributed by atoms with E-state index in [1.165, 1.54) is 17.1 Å². The third kappa shape index (κ3) is 1.80. The van der Waals surface area contributed by atoms with Gasteiger partial charge in [0.05, 0.1) is 29.3 Å². The van der Waals surface area contributed by atoms with E-state index in [9.17, 15) is 0 Å². The Hall–Kier alpha value is -1.93. The normalized spacial score (nSPS) is 9.93. The number of halogens is 1. The summed E-state index contributed by atoms with van der Waals surface area (Å²) in [5.41, 5.74) is 0.997. The maximum atomic E-state index is 8.55. The molecule has 2 heterocycles. The van der Waals surface area contributed by atoms with Gasteiger partial charge in [0.1, 0.15) is 6.07 Å². The van der Waals surface area contributed by atoms with Crippen LogP contribution in [0.2, 0.25) is 5.02 Å². The fraction of sp³-hybridized carbons (Fsp3) is 0.111. The molecule has 0 aliphatic carbocycles. The second-order valence-corrected chi connectivity index (χ2v) is 3.29. The maximum absolute atomic E-state index is 8.55. The molecule has 0 amide bonds. The van der Waals surface area contributed by atoms with E-state index < -0.39 is 0 Å². The number of hydrogen-bond acceptors (Lipinski definition) is 4. The molecule has 0 radical (unpaired) electrons.